The number of anilines is 1. The van der Waals surface area contributed by atoms with Crippen LogP contribution in [-0.2, 0) is 12.0 Å². The van der Waals surface area contributed by atoms with Crippen molar-refractivity contribution in [3.63, 3.8) is 0 Å². The molecule has 4 aromatic rings. The Morgan fingerprint density at radius 3 is 2.45 bits per heavy atom. The highest BCUT2D eigenvalue weighted by molar-refractivity contribution is 5.58. The monoisotopic (exact) mass is 447 g/mol. The first-order valence-corrected chi connectivity index (χ1v) is 10.8. The third-order valence-corrected chi connectivity index (χ3v) is 6.03. The second-order valence-corrected chi connectivity index (χ2v) is 8.84. The fraction of sp³-hybridized carbons (Fsp3) is 0.391. The number of nitrogen functional groups attached to an aromatic ring is 1. The fourth-order valence-corrected chi connectivity index (χ4v) is 3.51. The average Bonchev–Trinajstić information content (AvgIpc) is 3.47. The molecule has 0 aliphatic heterocycles. The zero-order valence-electron chi connectivity index (χ0n) is 19.6. The quantitative estimate of drug-likeness (QED) is 0.434. The molecular weight excluding hydrogens is 418 g/mol. The lowest BCUT2D eigenvalue weighted by Crippen LogP contribution is -2.31. The van der Waals surface area contributed by atoms with Gasteiger partial charge in [0.2, 0.25) is 5.95 Å². The van der Waals surface area contributed by atoms with Crippen LogP contribution in [0.25, 0.3) is 22.7 Å². The van der Waals surface area contributed by atoms with Crippen LogP contribution in [0.3, 0.4) is 0 Å². The van der Waals surface area contributed by atoms with Crippen LogP contribution in [0.5, 0.6) is 0 Å². The Morgan fingerprint density at radius 1 is 1.06 bits per heavy atom. The molecule has 33 heavy (non-hydrogen) atoms. The van der Waals surface area contributed by atoms with Gasteiger partial charge in [-0.25, -0.2) is 9.97 Å². The van der Waals surface area contributed by atoms with Crippen LogP contribution in [0, 0.1) is 5.92 Å². The summed E-state index contributed by atoms with van der Waals surface area (Å²) in [6.45, 7) is 8.06. The molecule has 2 N–H and O–H groups in total. The molecule has 1 atom stereocenters. The first-order chi connectivity index (χ1) is 15.8. The Balaban J connectivity index is 1.61. The summed E-state index contributed by atoms with van der Waals surface area (Å²) in [5, 5.41) is 8.75. The Kier molecular flexibility index (Phi) is 6.19. The van der Waals surface area contributed by atoms with Crippen molar-refractivity contribution in [2.45, 2.75) is 32.7 Å². The highest BCUT2D eigenvalue weighted by Crippen LogP contribution is 2.38. The lowest BCUT2D eigenvalue weighted by Gasteiger charge is -2.30. The molecule has 10 nitrogen and oxygen atoms in total. The predicted octanol–water partition coefficient (Wildman–Crippen LogP) is 2.89. The normalized spacial score (nSPS) is 13.5. The lowest BCUT2D eigenvalue weighted by molar-refractivity contribution is 0.350. The molecule has 0 spiro atoms. The number of rotatable bonds is 8. The van der Waals surface area contributed by atoms with Crippen LogP contribution in [0.1, 0.15) is 32.2 Å². The van der Waals surface area contributed by atoms with Gasteiger partial charge in [-0.05, 0) is 38.6 Å². The fourth-order valence-electron chi connectivity index (χ4n) is 3.51. The Bertz CT molecular complexity index is 1200. The van der Waals surface area contributed by atoms with Crippen molar-refractivity contribution in [3.8, 4) is 22.7 Å². The van der Waals surface area contributed by atoms with Gasteiger partial charge in [-0.15, -0.1) is 0 Å². The van der Waals surface area contributed by atoms with E-state index in [1.807, 2.05) is 43.3 Å². The molecule has 4 aromatic heterocycles. The molecule has 0 aliphatic carbocycles. The highest BCUT2D eigenvalue weighted by atomic mass is 16.5. The summed E-state index contributed by atoms with van der Waals surface area (Å²) >= 11 is 0. The van der Waals surface area contributed by atoms with E-state index in [0.717, 1.165) is 35.5 Å². The Morgan fingerprint density at radius 2 is 1.82 bits per heavy atom. The molecule has 0 fully saturated rings. The molecule has 4 heterocycles. The molecule has 172 valence electrons. The highest BCUT2D eigenvalue weighted by Gasteiger charge is 2.38. The third-order valence-electron chi connectivity index (χ3n) is 6.03. The molecular formula is C23H29N9O. The maximum atomic E-state index is 5.64. The summed E-state index contributed by atoms with van der Waals surface area (Å²) < 4.78 is 7.52. The van der Waals surface area contributed by atoms with E-state index in [4.69, 9.17) is 15.2 Å². The predicted molar refractivity (Wildman–Crippen MR) is 125 cm³/mol. The second kappa shape index (κ2) is 9.07. The van der Waals surface area contributed by atoms with E-state index in [-0.39, 0.29) is 11.9 Å². The van der Waals surface area contributed by atoms with Gasteiger partial charge in [0.05, 0.1) is 29.4 Å². The van der Waals surface area contributed by atoms with E-state index in [2.05, 4.69) is 50.9 Å². The summed E-state index contributed by atoms with van der Waals surface area (Å²) in [5.74, 6) is 1.49. The standard InChI is InChI=1S/C23H29N9O/c1-15(2)23(3,18-6-7-19(25-13-18)16-10-26-22(24)27-11-16)21-29-20(33-30-21)17-12-28-32(14-17)9-8-31(4)5/h6-7,10-15H,8-9H2,1-5H3,(H2,24,26,27). The Hall–Kier alpha value is -3.66. The molecule has 4 rings (SSSR count). The van der Waals surface area contributed by atoms with Crippen molar-refractivity contribution < 1.29 is 4.52 Å². The van der Waals surface area contributed by atoms with Crippen molar-refractivity contribution in [1.29, 1.82) is 0 Å². The zero-order chi connectivity index (χ0) is 23.6. The smallest absolute Gasteiger partial charge is 0.261 e. The number of aromatic nitrogens is 7. The van der Waals surface area contributed by atoms with Crippen molar-refractivity contribution >= 4 is 5.95 Å². The molecule has 1 unspecified atom stereocenters. The third kappa shape index (κ3) is 4.61. The zero-order valence-corrected chi connectivity index (χ0v) is 19.6. The number of nitrogens with two attached hydrogens (primary N) is 1. The lowest BCUT2D eigenvalue weighted by atomic mass is 9.73. The van der Waals surface area contributed by atoms with Gasteiger partial charge in [-0.1, -0.05) is 25.1 Å². The molecule has 0 aromatic carbocycles. The molecule has 0 bridgehead atoms. The minimum atomic E-state index is -0.494. The molecule has 10 heteroatoms. The van der Waals surface area contributed by atoms with Gasteiger partial charge in [-0.2, -0.15) is 10.1 Å². The van der Waals surface area contributed by atoms with E-state index in [1.165, 1.54) is 0 Å². The SMILES string of the molecule is CC(C)C(C)(c1ccc(-c2cnc(N)nc2)nc1)c1noc(-c2cnn(CCN(C)C)c2)n1. The molecule has 0 aliphatic rings. The molecule has 0 radical (unpaired) electrons. The first kappa shape index (κ1) is 22.5. The second-order valence-electron chi connectivity index (χ2n) is 8.84. The number of hydrogen-bond donors (Lipinski definition) is 1. The van der Waals surface area contributed by atoms with Gasteiger partial charge in [0, 0.05) is 36.9 Å². The van der Waals surface area contributed by atoms with Crippen molar-refractivity contribution in [3.05, 3.63) is 54.5 Å². The number of likely N-dealkylation sites (N-methyl/N-ethyl adjacent to an activating group) is 1. The number of pyridine rings is 1. The van der Waals surface area contributed by atoms with Gasteiger partial charge < -0.3 is 15.2 Å². The Labute approximate surface area is 192 Å². The minimum absolute atomic E-state index is 0.193. The number of hydrogen-bond acceptors (Lipinski definition) is 9. The van der Waals surface area contributed by atoms with Crippen LogP contribution in [0.2, 0.25) is 0 Å². The van der Waals surface area contributed by atoms with Crippen molar-refractivity contribution in [2.24, 2.45) is 5.92 Å². The van der Waals surface area contributed by atoms with Crippen LogP contribution in [0.15, 0.2) is 47.6 Å². The van der Waals surface area contributed by atoms with E-state index in [1.54, 1.807) is 18.6 Å². The maximum Gasteiger partial charge on any atom is 0.261 e. The van der Waals surface area contributed by atoms with Crippen LogP contribution < -0.4 is 5.73 Å². The number of nitrogens with zero attached hydrogens (tertiary/aromatic N) is 8. The van der Waals surface area contributed by atoms with E-state index < -0.39 is 5.41 Å². The van der Waals surface area contributed by atoms with Crippen molar-refractivity contribution in [1.82, 2.24) is 39.8 Å². The maximum absolute atomic E-state index is 5.64. The van der Waals surface area contributed by atoms with Gasteiger partial charge in [0.1, 0.15) is 0 Å². The van der Waals surface area contributed by atoms with Gasteiger partial charge in [0.25, 0.3) is 5.89 Å². The minimum Gasteiger partial charge on any atom is -0.368 e. The summed E-state index contributed by atoms with van der Waals surface area (Å²) in [6.07, 6.45) is 8.86. The summed E-state index contributed by atoms with van der Waals surface area (Å²) in [5.41, 5.74) is 8.45. The van der Waals surface area contributed by atoms with Gasteiger partial charge in [0.15, 0.2) is 5.82 Å². The van der Waals surface area contributed by atoms with E-state index in [0.29, 0.717) is 11.7 Å². The van der Waals surface area contributed by atoms with Crippen molar-refractivity contribution in [2.75, 3.05) is 26.4 Å². The molecule has 0 saturated heterocycles. The average molecular weight is 448 g/mol. The van der Waals surface area contributed by atoms with E-state index in [9.17, 15) is 0 Å². The van der Waals surface area contributed by atoms with Crippen LogP contribution >= 0.6 is 0 Å². The van der Waals surface area contributed by atoms with Gasteiger partial charge in [-0.3, -0.25) is 9.67 Å². The summed E-state index contributed by atoms with van der Waals surface area (Å²) in [6, 6.07) is 3.98. The summed E-state index contributed by atoms with van der Waals surface area (Å²) in [7, 11) is 4.07. The molecule has 0 saturated carbocycles. The largest absolute Gasteiger partial charge is 0.368 e. The van der Waals surface area contributed by atoms with E-state index >= 15 is 0 Å². The van der Waals surface area contributed by atoms with Crippen LogP contribution in [-0.4, -0.2) is 60.4 Å². The molecule has 0 amide bonds. The first-order valence-electron chi connectivity index (χ1n) is 10.8. The van der Waals surface area contributed by atoms with Crippen LogP contribution in [0.4, 0.5) is 5.95 Å². The van der Waals surface area contributed by atoms with Gasteiger partial charge >= 0.3 is 0 Å². The topological polar surface area (TPSA) is 125 Å². The summed E-state index contributed by atoms with van der Waals surface area (Å²) in [4.78, 5) is 19.6.